The lowest BCUT2D eigenvalue weighted by molar-refractivity contribution is 0.0940. The van der Waals surface area contributed by atoms with E-state index in [9.17, 15) is 4.79 Å². The second kappa shape index (κ2) is 5.43. The van der Waals surface area contributed by atoms with Crippen molar-refractivity contribution in [1.29, 1.82) is 0 Å². The molecule has 100 valence electrons. The van der Waals surface area contributed by atoms with E-state index in [1.54, 1.807) is 30.6 Å². The van der Waals surface area contributed by atoms with Crippen molar-refractivity contribution in [2.75, 3.05) is 12.8 Å². The topological polar surface area (TPSA) is 93.0 Å². The van der Waals surface area contributed by atoms with Crippen LogP contribution in [0.2, 0.25) is 0 Å². The first-order chi connectivity index (χ1) is 9.13. The number of nitrogens with two attached hydrogens (primary N) is 1. The van der Waals surface area contributed by atoms with Gasteiger partial charge >= 0.3 is 0 Å². The third-order valence-corrected chi connectivity index (χ3v) is 2.90. The molecule has 0 aliphatic rings. The minimum atomic E-state index is -0.245. The summed E-state index contributed by atoms with van der Waals surface area (Å²) >= 11 is 0. The molecule has 1 atom stereocenters. The lowest BCUT2D eigenvalue weighted by Crippen LogP contribution is -2.27. The number of amides is 1. The van der Waals surface area contributed by atoms with Crippen LogP contribution in [0.5, 0.6) is 5.75 Å². The normalized spacial score (nSPS) is 11.9. The second-order valence-electron chi connectivity index (χ2n) is 4.15. The number of para-hydroxylation sites is 1. The summed E-state index contributed by atoms with van der Waals surface area (Å²) in [4.78, 5) is 12.2. The number of benzene rings is 1. The van der Waals surface area contributed by atoms with Gasteiger partial charge < -0.3 is 15.8 Å². The van der Waals surface area contributed by atoms with E-state index in [0.717, 1.165) is 5.56 Å². The monoisotopic (exact) mass is 260 g/mol. The fourth-order valence-corrected chi connectivity index (χ4v) is 1.78. The summed E-state index contributed by atoms with van der Waals surface area (Å²) in [6.45, 7) is 1.87. The van der Waals surface area contributed by atoms with Crippen LogP contribution >= 0.6 is 0 Å². The van der Waals surface area contributed by atoms with Crippen LogP contribution in [0.15, 0.2) is 30.6 Å². The minimum absolute atomic E-state index is 0.156. The zero-order valence-corrected chi connectivity index (χ0v) is 10.8. The Morgan fingerprint density at radius 3 is 2.95 bits per heavy atom. The molecule has 0 radical (unpaired) electrons. The van der Waals surface area contributed by atoms with E-state index >= 15 is 0 Å². The molecule has 0 saturated carbocycles. The quantitative estimate of drug-likeness (QED) is 0.726. The van der Waals surface area contributed by atoms with Crippen LogP contribution in [-0.2, 0) is 0 Å². The van der Waals surface area contributed by atoms with Crippen molar-refractivity contribution in [1.82, 2.24) is 15.5 Å². The number of ether oxygens (including phenoxy) is 1. The molecule has 0 aliphatic heterocycles. The molecular formula is C13H16N4O2. The average molecular weight is 260 g/mol. The summed E-state index contributed by atoms with van der Waals surface area (Å²) in [6, 6.07) is 4.95. The number of methoxy groups -OCH3 is 1. The van der Waals surface area contributed by atoms with Gasteiger partial charge in [-0.1, -0.05) is 6.07 Å². The summed E-state index contributed by atoms with van der Waals surface area (Å²) in [5.41, 5.74) is 7.52. The van der Waals surface area contributed by atoms with Gasteiger partial charge in [-0.05, 0) is 19.1 Å². The molecule has 0 aliphatic carbocycles. The van der Waals surface area contributed by atoms with Crippen LogP contribution in [-0.4, -0.2) is 23.2 Å². The third kappa shape index (κ3) is 2.67. The van der Waals surface area contributed by atoms with E-state index in [0.29, 0.717) is 17.0 Å². The Morgan fingerprint density at radius 1 is 1.53 bits per heavy atom. The Kier molecular flexibility index (Phi) is 3.70. The molecule has 1 unspecified atom stereocenters. The first-order valence-electron chi connectivity index (χ1n) is 5.85. The van der Waals surface area contributed by atoms with Crippen molar-refractivity contribution in [3.05, 3.63) is 41.7 Å². The molecule has 6 heteroatoms. The van der Waals surface area contributed by atoms with E-state index < -0.39 is 0 Å². The van der Waals surface area contributed by atoms with E-state index in [2.05, 4.69) is 15.5 Å². The number of carbonyl (C=O) groups excluding carboxylic acids is 1. The van der Waals surface area contributed by atoms with Crippen molar-refractivity contribution in [3.63, 3.8) is 0 Å². The summed E-state index contributed by atoms with van der Waals surface area (Å²) < 4.78 is 5.09. The molecule has 6 nitrogen and oxygen atoms in total. The number of H-pyrrole nitrogens is 1. The number of nitrogen functional groups attached to an aromatic ring is 1. The molecule has 0 fully saturated rings. The van der Waals surface area contributed by atoms with Gasteiger partial charge in [0.25, 0.3) is 5.91 Å². The van der Waals surface area contributed by atoms with E-state index in [4.69, 9.17) is 10.5 Å². The highest BCUT2D eigenvalue weighted by atomic mass is 16.5. The molecule has 1 amide bonds. The Bertz CT molecular complexity index is 566. The van der Waals surface area contributed by atoms with Gasteiger partial charge in [0, 0.05) is 11.8 Å². The van der Waals surface area contributed by atoms with Gasteiger partial charge in [-0.3, -0.25) is 9.89 Å². The maximum Gasteiger partial charge on any atom is 0.253 e. The Hall–Kier alpha value is -2.50. The highest BCUT2D eigenvalue weighted by Crippen LogP contribution is 2.25. The van der Waals surface area contributed by atoms with Crippen LogP contribution in [0.3, 0.4) is 0 Å². The minimum Gasteiger partial charge on any atom is -0.495 e. The summed E-state index contributed by atoms with van der Waals surface area (Å²) in [6.07, 6.45) is 3.40. The van der Waals surface area contributed by atoms with Crippen LogP contribution in [0.1, 0.15) is 28.9 Å². The van der Waals surface area contributed by atoms with Crippen molar-refractivity contribution in [2.45, 2.75) is 13.0 Å². The van der Waals surface area contributed by atoms with Crippen LogP contribution in [0.4, 0.5) is 5.69 Å². The molecule has 0 saturated heterocycles. The predicted octanol–water partition coefficient (Wildman–Crippen LogP) is 1.49. The van der Waals surface area contributed by atoms with Gasteiger partial charge in [-0.25, -0.2) is 0 Å². The smallest absolute Gasteiger partial charge is 0.253 e. The van der Waals surface area contributed by atoms with Crippen molar-refractivity contribution < 1.29 is 9.53 Å². The number of hydrogen-bond donors (Lipinski definition) is 3. The Morgan fingerprint density at radius 2 is 2.32 bits per heavy atom. The SMILES string of the molecule is COc1cccc(C(=O)NC(C)c2cn[nH]c2)c1N. The van der Waals surface area contributed by atoms with Gasteiger partial charge in [0.15, 0.2) is 0 Å². The van der Waals surface area contributed by atoms with E-state index in [1.165, 1.54) is 7.11 Å². The third-order valence-electron chi connectivity index (χ3n) is 2.90. The maximum atomic E-state index is 12.2. The van der Waals surface area contributed by atoms with Crippen molar-refractivity contribution >= 4 is 11.6 Å². The number of anilines is 1. The molecule has 2 aromatic rings. The summed E-state index contributed by atoms with van der Waals surface area (Å²) in [5, 5.41) is 9.41. The van der Waals surface area contributed by atoms with E-state index in [-0.39, 0.29) is 11.9 Å². The van der Waals surface area contributed by atoms with Crippen molar-refractivity contribution in [3.8, 4) is 5.75 Å². The Balaban J connectivity index is 2.16. The predicted molar refractivity (Wildman–Crippen MR) is 71.9 cm³/mol. The number of nitrogens with zero attached hydrogens (tertiary/aromatic N) is 1. The molecule has 1 aromatic carbocycles. The van der Waals surface area contributed by atoms with Crippen LogP contribution in [0, 0.1) is 0 Å². The molecule has 0 spiro atoms. The molecule has 2 rings (SSSR count). The second-order valence-corrected chi connectivity index (χ2v) is 4.15. The van der Waals surface area contributed by atoms with Gasteiger partial charge in [-0.15, -0.1) is 0 Å². The lowest BCUT2D eigenvalue weighted by atomic mass is 10.1. The molecule has 4 N–H and O–H groups in total. The van der Waals surface area contributed by atoms with Gasteiger partial charge in [0.1, 0.15) is 5.75 Å². The number of rotatable bonds is 4. The number of aromatic amines is 1. The van der Waals surface area contributed by atoms with Gasteiger partial charge in [-0.2, -0.15) is 5.10 Å². The maximum absolute atomic E-state index is 12.2. The summed E-state index contributed by atoms with van der Waals surface area (Å²) in [5.74, 6) is 0.244. The standard InChI is InChI=1S/C13H16N4O2/c1-8(9-6-15-16-7-9)17-13(18)10-4-3-5-11(19-2)12(10)14/h3-8H,14H2,1-2H3,(H,15,16)(H,17,18). The number of aromatic nitrogens is 2. The number of nitrogens with one attached hydrogen (secondary N) is 2. The van der Waals surface area contributed by atoms with Crippen molar-refractivity contribution in [2.24, 2.45) is 0 Å². The van der Waals surface area contributed by atoms with E-state index in [1.807, 2.05) is 6.92 Å². The molecular weight excluding hydrogens is 244 g/mol. The summed E-state index contributed by atoms with van der Waals surface area (Å²) in [7, 11) is 1.52. The zero-order chi connectivity index (χ0) is 13.8. The zero-order valence-electron chi connectivity index (χ0n) is 10.8. The highest BCUT2D eigenvalue weighted by molar-refractivity contribution is 6.00. The Labute approximate surface area is 111 Å². The lowest BCUT2D eigenvalue weighted by Gasteiger charge is -2.14. The fourth-order valence-electron chi connectivity index (χ4n) is 1.78. The molecule has 0 bridgehead atoms. The van der Waals surface area contributed by atoms with Crippen LogP contribution < -0.4 is 15.8 Å². The highest BCUT2D eigenvalue weighted by Gasteiger charge is 2.16. The van der Waals surface area contributed by atoms with Crippen LogP contribution in [0.25, 0.3) is 0 Å². The largest absolute Gasteiger partial charge is 0.495 e. The molecule has 1 heterocycles. The first kappa shape index (κ1) is 12.9. The molecule has 1 aromatic heterocycles. The fraction of sp³-hybridized carbons (Fsp3) is 0.231. The first-order valence-corrected chi connectivity index (χ1v) is 5.85. The average Bonchev–Trinajstić information content (AvgIpc) is 2.92. The number of hydrogen-bond acceptors (Lipinski definition) is 4. The van der Waals surface area contributed by atoms with Gasteiger partial charge in [0.05, 0.1) is 30.6 Å². The molecule has 19 heavy (non-hydrogen) atoms. The number of carbonyl (C=O) groups is 1. The van der Waals surface area contributed by atoms with Gasteiger partial charge in [0.2, 0.25) is 0 Å².